The van der Waals surface area contributed by atoms with E-state index in [0.717, 1.165) is 72.7 Å². The first-order valence-electron chi connectivity index (χ1n) is 19.7. The Bertz CT molecular complexity index is 3230. The van der Waals surface area contributed by atoms with Crippen LogP contribution in [0.2, 0.25) is 0 Å². The molecule has 0 saturated carbocycles. The van der Waals surface area contributed by atoms with Crippen LogP contribution in [-0.4, -0.2) is 0 Å². The summed E-state index contributed by atoms with van der Waals surface area (Å²) in [5, 5.41) is 7.24. The van der Waals surface area contributed by atoms with E-state index >= 15 is 8.78 Å². The van der Waals surface area contributed by atoms with Gasteiger partial charge in [0.25, 0.3) is 0 Å². The van der Waals surface area contributed by atoms with Crippen molar-refractivity contribution in [2.75, 3.05) is 4.90 Å². The highest BCUT2D eigenvalue weighted by Crippen LogP contribution is 2.63. The van der Waals surface area contributed by atoms with Crippen molar-refractivity contribution in [3.05, 3.63) is 234 Å². The van der Waals surface area contributed by atoms with Crippen LogP contribution in [-0.2, 0) is 5.41 Å². The third-order valence-corrected chi connectivity index (χ3v) is 12.6. The van der Waals surface area contributed by atoms with Gasteiger partial charge in [-0.1, -0.05) is 140 Å². The first kappa shape index (κ1) is 32.8. The highest BCUT2D eigenvalue weighted by molar-refractivity contribution is 6.25. The molecule has 12 rings (SSSR count). The molecule has 0 atom stereocenters. The van der Waals surface area contributed by atoms with Crippen molar-refractivity contribution in [2.24, 2.45) is 0 Å². The van der Waals surface area contributed by atoms with Gasteiger partial charge >= 0.3 is 0 Å². The first-order valence-corrected chi connectivity index (χ1v) is 19.7. The lowest BCUT2D eigenvalue weighted by atomic mass is 9.70. The summed E-state index contributed by atoms with van der Waals surface area (Å²) < 4.78 is 31.0. The molecule has 1 spiro atoms. The maximum atomic E-state index is 15.5. The molecule has 2 aliphatic rings. The predicted molar refractivity (Wildman–Crippen MR) is 235 cm³/mol. The van der Waals surface area contributed by atoms with Crippen LogP contribution in [0.5, 0.6) is 0 Å². The van der Waals surface area contributed by atoms with Crippen molar-refractivity contribution in [1.29, 1.82) is 0 Å². The number of rotatable bonds is 4. The van der Waals surface area contributed by atoms with Crippen LogP contribution in [0, 0.1) is 11.6 Å². The van der Waals surface area contributed by atoms with Crippen molar-refractivity contribution in [2.45, 2.75) is 5.41 Å². The summed E-state index contributed by atoms with van der Waals surface area (Å²) in [4.78, 5) is 2.32. The van der Waals surface area contributed by atoms with Crippen LogP contribution in [0.4, 0.5) is 25.8 Å². The Morgan fingerprint density at radius 1 is 0.293 bits per heavy atom. The van der Waals surface area contributed by atoms with Crippen LogP contribution in [0.15, 0.2) is 200 Å². The molecule has 272 valence electrons. The molecule has 0 amide bonds. The molecule has 2 aliphatic carbocycles. The highest BCUT2D eigenvalue weighted by atomic mass is 19.1. The molecule has 3 heteroatoms. The van der Waals surface area contributed by atoms with Gasteiger partial charge in [0.2, 0.25) is 0 Å². The van der Waals surface area contributed by atoms with Crippen LogP contribution < -0.4 is 4.90 Å². The molecule has 0 heterocycles. The SMILES string of the molecule is Fc1ccc2c(c1)C1(c3ccccc3-c3ccc(N(c4ccc(-c5ccccc5)cc4)c4ccc5c6ccccc6c6ccccc6c5c4)cc31)c1cc(F)ccc1-2. The molecule has 0 aromatic heterocycles. The molecule has 10 aromatic rings. The summed E-state index contributed by atoms with van der Waals surface area (Å²) >= 11 is 0. The topological polar surface area (TPSA) is 3.24 Å². The van der Waals surface area contributed by atoms with Gasteiger partial charge in [-0.25, -0.2) is 8.78 Å². The smallest absolute Gasteiger partial charge is 0.123 e. The molecule has 0 aliphatic heterocycles. The molecular formula is C55H33F2N. The van der Waals surface area contributed by atoms with Crippen LogP contribution in [0.3, 0.4) is 0 Å². The summed E-state index contributed by atoms with van der Waals surface area (Å²) in [7, 11) is 0. The van der Waals surface area contributed by atoms with Crippen molar-refractivity contribution in [3.63, 3.8) is 0 Å². The molecule has 0 saturated heterocycles. The highest BCUT2D eigenvalue weighted by Gasteiger charge is 2.52. The van der Waals surface area contributed by atoms with Crippen molar-refractivity contribution < 1.29 is 8.78 Å². The minimum atomic E-state index is -0.919. The van der Waals surface area contributed by atoms with E-state index in [1.807, 2.05) is 30.3 Å². The van der Waals surface area contributed by atoms with E-state index < -0.39 is 5.41 Å². The summed E-state index contributed by atoms with van der Waals surface area (Å²) in [6.45, 7) is 0. The molecule has 1 nitrogen and oxygen atoms in total. The fourth-order valence-corrected chi connectivity index (χ4v) is 10.2. The second-order valence-corrected chi connectivity index (χ2v) is 15.5. The average molecular weight is 746 g/mol. The number of benzene rings is 10. The van der Waals surface area contributed by atoms with E-state index in [1.54, 1.807) is 12.1 Å². The van der Waals surface area contributed by atoms with Gasteiger partial charge in [-0.15, -0.1) is 0 Å². The van der Waals surface area contributed by atoms with E-state index in [1.165, 1.54) is 44.5 Å². The number of nitrogens with zero attached hydrogens (tertiary/aromatic N) is 1. The molecule has 58 heavy (non-hydrogen) atoms. The Hall–Kier alpha value is -7.36. The van der Waals surface area contributed by atoms with Gasteiger partial charge in [0.1, 0.15) is 11.6 Å². The second-order valence-electron chi connectivity index (χ2n) is 15.5. The maximum Gasteiger partial charge on any atom is 0.123 e. The molecule has 0 fully saturated rings. The Morgan fingerprint density at radius 2 is 0.724 bits per heavy atom. The third-order valence-electron chi connectivity index (χ3n) is 12.6. The fourth-order valence-electron chi connectivity index (χ4n) is 10.2. The second kappa shape index (κ2) is 12.3. The average Bonchev–Trinajstić information content (AvgIpc) is 3.73. The molecular weight excluding hydrogens is 713 g/mol. The number of halogens is 2. The van der Waals surface area contributed by atoms with E-state index in [-0.39, 0.29) is 11.6 Å². The van der Waals surface area contributed by atoms with Crippen LogP contribution >= 0.6 is 0 Å². The quantitative estimate of drug-likeness (QED) is 0.162. The number of fused-ring (bicyclic) bond motifs is 16. The Morgan fingerprint density at radius 3 is 1.36 bits per heavy atom. The summed E-state index contributed by atoms with van der Waals surface area (Å²) in [5.74, 6) is -0.630. The lowest BCUT2D eigenvalue weighted by Crippen LogP contribution is -2.26. The van der Waals surface area contributed by atoms with Gasteiger partial charge in [0, 0.05) is 17.1 Å². The van der Waals surface area contributed by atoms with Gasteiger partial charge in [-0.05, 0) is 149 Å². The molecule has 0 unspecified atom stereocenters. The van der Waals surface area contributed by atoms with E-state index in [2.05, 4.69) is 150 Å². The molecule has 0 N–H and O–H groups in total. The van der Waals surface area contributed by atoms with E-state index in [4.69, 9.17) is 0 Å². The van der Waals surface area contributed by atoms with Gasteiger partial charge in [0.15, 0.2) is 0 Å². The Labute approximate surface area is 334 Å². The normalized spacial score (nSPS) is 13.1. The molecule has 0 radical (unpaired) electrons. The number of hydrogen-bond donors (Lipinski definition) is 0. The van der Waals surface area contributed by atoms with Gasteiger partial charge in [-0.2, -0.15) is 0 Å². The van der Waals surface area contributed by atoms with Crippen molar-refractivity contribution >= 4 is 49.4 Å². The summed E-state index contributed by atoms with van der Waals surface area (Å²) in [5.41, 5.74) is 12.0. The summed E-state index contributed by atoms with van der Waals surface area (Å²) in [6, 6.07) is 68.3. The van der Waals surface area contributed by atoms with Crippen molar-refractivity contribution in [1.82, 2.24) is 0 Å². The van der Waals surface area contributed by atoms with E-state index in [0.29, 0.717) is 0 Å². The lowest BCUT2D eigenvalue weighted by molar-refractivity contribution is 0.618. The maximum absolute atomic E-state index is 15.5. The molecule has 10 aromatic carbocycles. The third kappa shape index (κ3) is 4.56. The fraction of sp³-hybridized carbons (Fsp3) is 0.0182. The Balaban J connectivity index is 1.14. The zero-order chi connectivity index (χ0) is 38.5. The molecule has 0 bridgehead atoms. The summed E-state index contributed by atoms with van der Waals surface area (Å²) in [6.07, 6.45) is 0. The minimum absolute atomic E-state index is 0.315. The minimum Gasteiger partial charge on any atom is -0.310 e. The van der Waals surface area contributed by atoms with Gasteiger partial charge < -0.3 is 4.90 Å². The van der Waals surface area contributed by atoms with Gasteiger partial charge in [0.05, 0.1) is 5.41 Å². The standard InChI is InChI=1S/C55H33F2N/c56-36-20-26-47-48-27-21-37(57)31-53(48)55(52(47)30-36)51-17-9-8-16-46(51)49-29-25-40(33-54(49)55)58(38-22-18-35(19-23-38)34-10-2-1-3-11-34)39-24-28-45-43-14-5-4-12-41(43)42-13-6-7-15-44(42)50(45)32-39/h1-33H. The monoisotopic (exact) mass is 745 g/mol. The zero-order valence-corrected chi connectivity index (χ0v) is 31.3. The predicted octanol–water partition coefficient (Wildman–Crippen LogP) is 14.9. The first-order chi connectivity index (χ1) is 28.6. The number of hydrogen-bond acceptors (Lipinski definition) is 1. The van der Waals surface area contributed by atoms with E-state index in [9.17, 15) is 0 Å². The zero-order valence-electron chi connectivity index (χ0n) is 31.3. The lowest BCUT2D eigenvalue weighted by Gasteiger charge is -2.32. The van der Waals surface area contributed by atoms with Crippen LogP contribution in [0.1, 0.15) is 22.3 Å². The van der Waals surface area contributed by atoms with Gasteiger partial charge in [-0.3, -0.25) is 0 Å². The number of anilines is 3. The van der Waals surface area contributed by atoms with Crippen LogP contribution in [0.25, 0.3) is 65.7 Å². The largest absolute Gasteiger partial charge is 0.310 e. The van der Waals surface area contributed by atoms with Crippen molar-refractivity contribution in [3.8, 4) is 33.4 Å². The Kier molecular flexibility index (Phi) is 6.98.